The van der Waals surface area contributed by atoms with Crippen molar-refractivity contribution >= 4 is 21.7 Å². The molecule has 4 aromatic rings. The van der Waals surface area contributed by atoms with Crippen molar-refractivity contribution in [1.82, 2.24) is 4.98 Å². The molecule has 0 unspecified atom stereocenters. The maximum atomic E-state index is 4.96. The molecule has 24 heavy (non-hydrogen) atoms. The van der Waals surface area contributed by atoms with Crippen LogP contribution in [-0.4, -0.2) is 4.98 Å². The number of benzene rings is 3. The van der Waals surface area contributed by atoms with Gasteiger partial charge in [0.15, 0.2) is 0 Å². The summed E-state index contributed by atoms with van der Waals surface area (Å²) in [5.74, 6) is 0. The van der Waals surface area contributed by atoms with Crippen LogP contribution >= 0.6 is 0 Å². The summed E-state index contributed by atoms with van der Waals surface area (Å²) in [6, 6.07) is 23.9. The fourth-order valence-electron chi connectivity index (χ4n) is 3.64. The van der Waals surface area contributed by atoms with Gasteiger partial charge >= 0.3 is 0 Å². The molecule has 0 aliphatic carbocycles. The van der Waals surface area contributed by atoms with E-state index in [9.17, 15) is 0 Å². The highest BCUT2D eigenvalue weighted by Crippen LogP contribution is 2.27. The van der Waals surface area contributed by atoms with E-state index >= 15 is 0 Å². The number of para-hydroxylation sites is 1. The molecule has 0 amide bonds. The van der Waals surface area contributed by atoms with E-state index in [-0.39, 0.29) is 0 Å². The minimum Gasteiger partial charge on any atom is -0.252 e. The maximum absolute atomic E-state index is 4.96. The molecule has 0 spiro atoms. The lowest BCUT2D eigenvalue weighted by Gasteiger charge is -2.10. The molecule has 0 aliphatic rings. The lowest BCUT2D eigenvalue weighted by atomic mass is 9.98. The lowest BCUT2D eigenvalue weighted by Crippen LogP contribution is -1.98. The second kappa shape index (κ2) is 6.09. The van der Waals surface area contributed by atoms with Gasteiger partial charge in [0.05, 0.1) is 5.52 Å². The summed E-state index contributed by atoms with van der Waals surface area (Å²) in [7, 11) is 0. The van der Waals surface area contributed by atoms with E-state index < -0.39 is 0 Å². The first kappa shape index (κ1) is 14.9. The minimum atomic E-state index is 0.967. The van der Waals surface area contributed by atoms with Gasteiger partial charge in [0.25, 0.3) is 0 Å². The average Bonchev–Trinajstić information content (AvgIpc) is 2.59. The molecule has 0 fully saturated rings. The van der Waals surface area contributed by atoms with E-state index in [1.807, 2.05) is 0 Å². The van der Waals surface area contributed by atoms with E-state index in [0.717, 1.165) is 18.4 Å². The maximum Gasteiger partial charge on any atom is 0.0711 e. The predicted octanol–water partition coefficient (Wildman–Crippen LogP) is 5.79. The number of hydrogen-bond donors (Lipinski definition) is 0. The molecule has 1 heterocycles. The Kier molecular flexibility index (Phi) is 3.78. The van der Waals surface area contributed by atoms with Gasteiger partial charge < -0.3 is 0 Å². The molecule has 0 saturated carbocycles. The van der Waals surface area contributed by atoms with Crippen LogP contribution in [-0.2, 0) is 12.8 Å². The highest BCUT2D eigenvalue weighted by molar-refractivity contribution is 6.06. The molecular formula is C23H21N. The summed E-state index contributed by atoms with van der Waals surface area (Å²) in [4.78, 5) is 4.96. The predicted molar refractivity (Wildman–Crippen MR) is 103 cm³/mol. The quantitative estimate of drug-likeness (QED) is 0.436. The fraction of sp³-hybridized carbons (Fsp3) is 0.174. The molecule has 0 saturated heterocycles. The van der Waals surface area contributed by atoms with Crippen molar-refractivity contribution < 1.29 is 0 Å². The summed E-state index contributed by atoms with van der Waals surface area (Å²) in [6.45, 7) is 4.33. The van der Waals surface area contributed by atoms with Crippen molar-refractivity contribution in [2.45, 2.75) is 26.7 Å². The van der Waals surface area contributed by atoms with Crippen molar-refractivity contribution in [3.05, 3.63) is 89.1 Å². The third-order valence-electron chi connectivity index (χ3n) is 4.62. The van der Waals surface area contributed by atoms with Gasteiger partial charge in [-0.2, -0.15) is 0 Å². The smallest absolute Gasteiger partial charge is 0.0711 e. The summed E-state index contributed by atoms with van der Waals surface area (Å²) in [6.07, 6.45) is 1.99. The van der Waals surface area contributed by atoms with Gasteiger partial charge in [0.2, 0.25) is 0 Å². The van der Waals surface area contributed by atoms with Gasteiger partial charge in [-0.1, -0.05) is 71.8 Å². The third-order valence-corrected chi connectivity index (χ3v) is 4.62. The lowest BCUT2D eigenvalue weighted by molar-refractivity contribution is 0.930. The molecule has 0 atom stereocenters. The Balaban J connectivity index is 1.77. The molecule has 4 rings (SSSR count). The minimum absolute atomic E-state index is 0.967. The zero-order valence-electron chi connectivity index (χ0n) is 14.2. The van der Waals surface area contributed by atoms with Gasteiger partial charge in [0, 0.05) is 16.5 Å². The normalized spacial score (nSPS) is 11.2. The van der Waals surface area contributed by atoms with E-state index in [1.165, 1.54) is 38.5 Å². The number of fused-ring (bicyclic) bond motifs is 3. The monoisotopic (exact) mass is 311 g/mol. The van der Waals surface area contributed by atoms with E-state index in [4.69, 9.17) is 4.98 Å². The van der Waals surface area contributed by atoms with Gasteiger partial charge in [-0.05, 0) is 43.7 Å². The summed E-state index contributed by atoms with van der Waals surface area (Å²) < 4.78 is 0. The van der Waals surface area contributed by atoms with Crippen LogP contribution in [0, 0.1) is 13.8 Å². The van der Waals surface area contributed by atoms with Crippen LogP contribution in [0.15, 0.2) is 66.7 Å². The highest BCUT2D eigenvalue weighted by Gasteiger charge is 2.08. The van der Waals surface area contributed by atoms with Gasteiger partial charge in [0.1, 0.15) is 0 Å². The topological polar surface area (TPSA) is 12.9 Å². The average molecular weight is 311 g/mol. The van der Waals surface area contributed by atoms with Crippen LogP contribution in [0.1, 0.15) is 22.4 Å². The number of aryl methyl sites for hydroxylation is 4. The molecule has 1 heteroatoms. The molecule has 0 radical (unpaired) electrons. The Morgan fingerprint density at radius 2 is 1.29 bits per heavy atom. The van der Waals surface area contributed by atoms with Crippen LogP contribution in [0.25, 0.3) is 21.7 Å². The Morgan fingerprint density at radius 3 is 2.04 bits per heavy atom. The van der Waals surface area contributed by atoms with E-state index in [0.29, 0.717) is 0 Å². The van der Waals surface area contributed by atoms with Crippen LogP contribution in [0.3, 0.4) is 0 Å². The summed E-state index contributed by atoms with van der Waals surface area (Å²) in [5, 5.41) is 3.82. The van der Waals surface area contributed by atoms with Crippen molar-refractivity contribution in [3.8, 4) is 0 Å². The zero-order valence-corrected chi connectivity index (χ0v) is 14.2. The first-order valence-corrected chi connectivity index (χ1v) is 8.54. The first-order chi connectivity index (χ1) is 11.7. The summed E-state index contributed by atoms with van der Waals surface area (Å²) >= 11 is 0. The number of nitrogens with zero attached hydrogens (tertiary/aromatic N) is 1. The molecule has 1 aromatic heterocycles. The summed E-state index contributed by atoms with van der Waals surface area (Å²) in [5.41, 5.74) is 6.35. The zero-order chi connectivity index (χ0) is 16.5. The second-order valence-corrected chi connectivity index (χ2v) is 6.62. The SMILES string of the molecule is Cc1cc(C)cc(CCc2nc3ccccc3c3ccccc23)c1. The first-order valence-electron chi connectivity index (χ1n) is 8.54. The van der Waals surface area contributed by atoms with Crippen LogP contribution in [0.2, 0.25) is 0 Å². The van der Waals surface area contributed by atoms with Crippen molar-refractivity contribution in [2.24, 2.45) is 0 Å². The molecule has 1 nitrogen and oxygen atoms in total. The van der Waals surface area contributed by atoms with Crippen LogP contribution in [0.5, 0.6) is 0 Å². The molecule has 0 bridgehead atoms. The van der Waals surface area contributed by atoms with Gasteiger partial charge in [-0.25, -0.2) is 0 Å². The molecule has 3 aromatic carbocycles. The molecule has 118 valence electrons. The van der Waals surface area contributed by atoms with Crippen molar-refractivity contribution in [3.63, 3.8) is 0 Å². The van der Waals surface area contributed by atoms with Gasteiger partial charge in [-0.15, -0.1) is 0 Å². The number of aromatic nitrogens is 1. The molecular weight excluding hydrogens is 290 g/mol. The van der Waals surface area contributed by atoms with E-state index in [1.54, 1.807) is 0 Å². The van der Waals surface area contributed by atoms with Crippen LogP contribution < -0.4 is 0 Å². The van der Waals surface area contributed by atoms with Gasteiger partial charge in [-0.3, -0.25) is 4.98 Å². The fourth-order valence-corrected chi connectivity index (χ4v) is 3.64. The number of pyridine rings is 1. The Bertz CT molecular complexity index is 1010. The highest BCUT2D eigenvalue weighted by atomic mass is 14.7. The number of rotatable bonds is 3. The van der Waals surface area contributed by atoms with Crippen LogP contribution in [0.4, 0.5) is 0 Å². The molecule has 0 N–H and O–H groups in total. The Labute approximate surface area is 143 Å². The Morgan fingerprint density at radius 1 is 0.667 bits per heavy atom. The molecule has 0 aliphatic heterocycles. The standard InChI is InChI=1S/C23H21N/c1-16-13-17(2)15-18(14-16)11-12-23-21-8-4-3-7-19(21)20-9-5-6-10-22(20)24-23/h3-10,13-15H,11-12H2,1-2H3. The van der Waals surface area contributed by atoms with Crippen molar-refractivity contribution in [1.29, 1.82) is 0 Å². The second-order valence-electron chi connectivity index (χ2n) is 6.62. The third kappa shape index (κ3) is 2.78. The largest absolute Gasteiger partial charge is 0.252 e. The number of hydrogen-bond acceptors (Lipinski definition) is 1. The van der Waals surface area contributed by atoms with E-state index in [2.05, 4.69) is 80.6 Å². The Hall–Kier alpha value is -2.67. The van der Waals surface area contributed by atoms with Crippen molar-refractivity contribution in [2.75, 3.05) is 0 Å².